The van der Waals surface area contributed by atoms with Gasteiger partial charge in [-0.25, -0.2) is 0 Å². The summed E-state index contributed by atoms with van der Waals surface area (Å²) in [6.45, 7) is 11.3. The van der Waals surface area contributed by atoms with Crippen LogP contribution >= 0.6 is 0 Å². The average molecular weight is 259 g/mol. The quantitative estimate of drug-likeness (QED) is 0.678. The van der Waals surface area contributed by atoms with Crippen LogP contribution in [0, 0.1) is 0 Å². The van der Waals surface area contributed by atoms with E-state index < -0.39 is 0 Å². The first-order valence-corrected chi connectivity index (χ1v) is 6.00. The molecule has 0 N–H and O–H groups in total. The summed E-state index contributed by atoms with van der Waals surface area (Å²) in [7, 11) is 1.92. The summed E-state index contributed by atoms with van der Waals surface area (Å²) in [5.41, 5.74) is -0.676. The lowest BCUT2D eigenvalue weighted by Crippen LogP contribution is -2.57. The molecule has 0 aliphatic rings. The van der Waals surface area contributed by atoms with Gasteiger partial charge in [0.25, 0.3) is 0 Å². The summed E-state index contributed by atoms with van der Waals surface area (Å²) < 4.78 is 10.1. The molecule has 0 aliphatic heterocycles. The minimum Gasteiger partial charge on any atom is -0.464 e. The molecule has 0 aliphatic carbocycles. The Kier molecular flexibility index (Phi) is 5.80. The molecule has 0 unspecified atom stereocenters. The Morgan fingerprint density at radius 2 is 1.17 bits per heavy atom. The van der Waals surface area contributed by atoms with Crippen molar-refractivity contribution in [2.24, 2.45) is 0 Å². The van der Waals surface area contributed by atoms with Gasteiger partial charge in [-0.2, -0.15) is 0 Å². The molecular formula is C13H25NO4. The van der Waals surface area contributed by atoms with Crippen molar-refractivity contribution in [2.45, 2.75) is 52.6 Å². The second-order valence-electron chi connectivity index (χ2n) is 5.74. The lowest BCUT2D eigenvalue weighted by molar-refractivity contribution is -0.150. The van der Waals surface area contributed by atoms with Crippen molar-refractivity contribution in [3.05, 3.63) is 0 Å². The molecule has 0 rings (SSSR count). The average Bonchev–Trinajstić information content (AvgIpc) is 2.23. The number of hydrogen-bond acceptors (Lipinski definition) is 5. The second kappa shape index (κ2) is 6.18. The van der Waals surface area contributed by atoms with Crippen LogP contribution in [0.25, 0.3) is 0 Å². The Morgan fingerprint density at radius 1 is 0.889 bits per heavy atom. The van der Waals surface area contributed by atoms with Gasteiger partial charge in [0, 0.05) is 24.9 Å². The zero-order chi connectivity index (χ0) is 14.6. The van der Waals surface area contributed by atoms with Crippen molar-refractivity contribution in [2.75, 3.05) is 20.3 Å². The minimum absolute atomic E-state index is 0.294. The van der Waals surface area contributed by atoms with Crippen molar-refractivity contribution >= 4 is 11.9 Å². The molecular weight excluding hydrogens is 234 g/mol. The van der Waals surface area contributed by atoms with E-state index >= 15 is 0 Å². The Labute approximate surface area is 109 Å². The summed E-state index contributed by atoms with van der Waals surface area (Å²) in [5, 5.41) is 0. The number of ether oxygens (including phenoxy) is 2. The van der Waals surface area contributed by atoms with Gasteiger partial charge in [-0.3, -0.25) is 14.5 Å². The minimum atomic E-state index is -0.338. The molecule has 0 saturated carbocycles. The number of esters is 2. The molecule has 0 bridgehead atoms. The third-order valence-electron chi connectivity index (χ3n) is 3.07. The first kappa shape index (κ1) is 16.9. The normalized spacial score (nSPS) is 12.4. The molecule has 0 fully saturated rings. The Balaban J connectivity index is 4.61. The standard InChI is InChI=1S/C13H25NO4/c1-10(15)17-8-12(3,4)14(7)13(5,6)9-18-11(2)16/h8-9H2,1-7H3. The Bertz CT molecular complexity index is 280. The SMILES string of the molecule is CC(=O)OCC(C)(C)N(C)C(C)(C)COC(C)=O. The van der Waals surface area contributed by atoms with Crippen LogP contribution in [0.1, 0.15) is 41.5 Å². The second-order valence-corrected chi connectivity index (χ2v) is 5.74. The van der Waals surface area contributed by atoms with E-state index in [9.17, 15) is 9.59 Å². The highest BCUT2D eigenvalue weighted by Crippen LogP contribution is 2.24. The number of carbonyl (C=O) groups is 2. The molecule has 0 spiro atoms. The summed E-state index contributed by atoms with van der Waals surface area (Å²) >= 11 is 0. The number of hydrogen-bond donors (Lipinski definition) is 0. The number of likely N-dealkylation sites (N-methyl/N-ethyl adjacent to an activating group) is 1. The van der Waals surface area contributed by atoms with Crippen LogP contribution in [-0.2, 0) is 19.1 Å². The van der Waals surface area contributed by atoms with Crippen LogP contribution in [0.2, 0.25) is 0 Å². The van der Waals surface area contributed by atoms with E-state index in [2.05, 4.69) is 0 Å². The van der Waals surface area contributed by atoms with Crippen molar-refractivity contribution in [1.82, 2.24) is 4.90 Å². The van der Waals surface area contributed by atoms with Gasteiger partial charge in [0.15, 0.2) is 0 Å². The van der Waals surface area contributed by atoms with Gasteiger partial charge in [0.05, 0.1) is 0 Å². The molecule has 18 heavy (non-hydrogen) atoms. The van der Waals surface area contributed by atoms with Gasteiger partial charge < -0.3 is 9.47 Å². The zero-order valence-corrected chi connectivity index (χ0v) is 12.5. The highest BCUT2D eigenvalue weighted by Gasteiger charge is 2.36. The van der Waals surface area contributed by atoms with E-state index in [-0.39, 0.29) is 23.0 Å². The van der Waals surface area contributed by atoms with E-state index in [1.54, 1.807) is 0 Å². The maximum Gasteiger partial charge on any atom is 0.302 e. The highest BCUT2D eigenvalue weighted by atomic mass is 16.5. The molecule has 0 aromatic carbocycles. The van der Waals surface area contributed by atoms with Gasteiger partial charge in [0.1, 0.15) is 13.2 Å². The van der Waals surface area contributed by atoms with E-state index in [1.165, 1.54) is 13.8 Å². The van der Waals surface area contributed by atoms with Crippen molar-refractivity contribution < 1.29 is 19.1 Å². The maximum atomic E-state index is 10.9. The first-order valence-electron chi connectivity index (χ1n) is 6.00. The van der Waals surface area contributed by atoms with Crippen LogP contribution in [0.3, 0.4) is 0 Å². The summed E-state index contributed by atoms with van der Waals surface area (Å²) in [6.07, 6.45) is 0. The monoisotopic (exact) mass is 259 g/mol. The zero-order valence-electron chi connectivity index (χ0n) is 12.5. The van der Waals surface area contributed by atoms with Crippen LogP contribution in [0.5, 0.6) is 0 Å². The summed E-state index contributed by atoms with van der Waals surface area (Å²) in [5.74, 6) is -0.594. The summed E-state index contributed by atoms with van der Waals surface area (Å²) in [4.78, 5) is 23.8. The van der Waals surface area contributed by atoms with E-state index in [4.69, 9.17) is 9.47 Å². The van der Waals surface area contributed by atoms with Crippen LogP contribution in [-0.4, -0.2) is 48.2 Å². The van der Waals surface area contributed by atoms with Gasteiger partial charge in [-0.1, -0.05) is 0 Å². The predicted molar refractivity (Wildman–Crippen MR) is 69.2 cm³/mol. The largest absolute Gasteiger partial charge is 0.464 e. The van der Waals surface area contributed by atoms with Crippen LogP contribution in [0.4, 0.5) is 0 Å². The fourth-order valence-electron chi connectivity index (χ4n) is 1.57. The van der Waals surface area contributed by atoms with Crippen molar-refractivity contribution in [3.63, 3.8) is 0 Å². The maximum absolute atomic E-state index is 10.9. The Morgan fingerprint density at radius 3 is 1.39 bits per heavy atom. The number of carbonyl (C=O) groups excluding carboxylic acids is 2. The molecule has 0 amide bonds. The van der Waals surface area contributed by atoms with Crippen LogP contribution in [0.15, 0.2) is 0 Å². The highest BCUT2D eigenvalue weighted by molar-refractivity contribution is 5.66. The number of nitrogens with zero attached hydrogens (tertiary/aromatic N) is 1. The molecule has 0 heterocycles. The molecule has 0 atom stereocenters. The molecule has 0 aromatic heterocycles. The molecule has 106 valence electrons. The predicted octanol–water partition coefficient (Wildman–Crippen LogP) is 1.60. The fourth-order valence-corrected chi connectivity index (χ4v) is 1.57. The van der Waals surface area contributed by atoms with E-state index in [0.29, 0.717) is 13.2 Å². The van der Waals surface area contributed by atoms with E-state index in [0.717, 1.165) is 0 Å². The van der Waals surface area contributed by atoms with Crippen LogP contribution < -0.4 is 0 Å². The molecule has 0 radical (unpaired) electrons. The first-order chi connectivity index (χ1) is 7.99. The third-order valence-corrected chi connectivity index (χ3v) is 3.07. The smallest absolute Gasteiger partial charge is 0.302 e. The van der Waals surface area contributed by atoms with Crippen molar-refractivity contribution in [3.8, 4) is 0 Å². The van der Waals surface area contributed by atoms with Gasteiger partial charge in [-0.15, -0.1) is 0 Å². The van der Waals surface area contributed by atoms with Gasteiger partial charge >= 0.3 is 11.9 Å². The lowest BCUT2D eigenvalue weighted by atomic mass is 9.95. The summed E-state index contributed by atoms with van der Waals surface area (Å²) in [6, 6.07) is 0. The van der Waals surface area contributed by atoms with Gasteiger partial charge in [-0.05, 0) is 34.7 Å². The molecule has 0 saturated heterocycles. The molecule has 5 nitrogen and oxygen atoms in total. The molecule has 5 heteroatoms. The third kappa shape index (κ3) is 5.49. The molecule has 0 aromatic rings. The van der Waals surface area contributed by atoms with Gasteiger partial charge in [0.2, 0.25) is 0 Å². The van der Waals surface area contributed by atoms with E-state index in [1.807, 2.05) is 39.6 Å². The Hall–Kier alpha value is -1.10. The lowest BCUT2D eigenvalue weighted by Gasteiger charge is -2.45. The topological polar surface area (TPSA) is 55.8 Å². The number of rotatable bonds is 6. The van der Waals surface area contributed by atoms with Crippen molar-refractivity contribution in [1.29, 1.82) is 0 Å². The fraction of sp³-hybridized carbons (Fsp3) is 0.846.